The van der Waals surface area contributed by atoms with Crippen molar-refractivity contribution in [3.05, 3.63) is 52.3 Å². The molecule has 0 bridgehead atoms. The minimum Gasteiger partial charge on any atom is -0.493 e. The Bertz CT molecular complexity index is 1040. The smallest absolute Gasteiger partial charge is 0.216 e. The molecule has 0 spiro atoms. The number of H-pyrrole nitrogens is 1. The van der Waals surface area contributed by atoms with Gasteiger partial charge in [-0.25, -0.2) is 5.10 Å². The van der Waals surface area contributed by atoms with Crippen molar-refractivity contribution < 1.29 is 14.2 Å². The third kappa shape index (κ3) is 3.56. The van der Waals surface area contributed by atoms with Crippen LogP contribution in [0.15, 0.2) is 41.5 Å². The van der Waals surface area contributed by atoms with Crippen LogP contribution in [0.1, 0.15) is 11.1 Å². The molecule has 2 aromatic carbocycles. The van der Waals surface area contributed by atoms with Gasteiger partial charge in [-0.1, -0.05) is 24.3 Å². The van der Waals surface area contributed by atoms with E-state index in [0.717, 1.165) is 11.1 Å². The summed E-state index contributed by atoms with van der Waals surface area (Å²) in [6.07, 6.45) is 1.65. The molecule has 0 radical (unpaired) electrons. The summed E-state index contributed by atoms with van der Waals surface area (Å²) in [5, 5.41) is 11.6. The molecule has 1 N–H and O–H groups in total. The highest BCUT2D eigenvalue weighted by Gasteiger charge is 2.15. The summed E-state index contributed by atoms with van der Waals surface area (Å²) in [6, 6.07) is 11.5. The van der Waals surface area contributed by atoms with Gasteiger partial charge in [0.15, 0.2) is 17.3 Å². The van der Waals surface area contributed by atoms with Crippen molar-refractivity contribution in [2.24, 2.45) is 5.10 Å². The molecule has 0 unspecified atom stereocenters. The van der Waals surface area contributed by atoms with Crippen LogP contribution in [-0.2, 0) is 0 Å². The number of hydrogen-bond acceptors (Lipinski definition) is 6. The molecule has 0 aliphatic heterocycles. The number of aromatic amines is 1. The molecule has 0 fully saturated rings. The fourth-order valence-corrected chi connectivity index (χ4v) is 2.92. The number of ether oxygens (including phenoxy) is 3. The molecule has 0 amide bonds. The molecule has 0 aliphatic rings. The summed E-state index contributed by atoms with van der Waals surface area (Å²) >= 11 is 5.34. The van der Waals surface area contributed by atoms with Crippen LogP contribution in [-0.4, -0.2) is 42.4 Å². The highest BCUT2D eigenvalue weighted by molar-refractivity contribution is 7.71. The van der Waals surface area contributed by atoms with E-state index < -0.39 is 0 Å². The Kier molecular flexibility index (Phi) is 5.56. The molecule has 0 saturated carbocycles. The van der Waals surface area contributed by atoms with Gasteiger partial charge >= 0.3 is 0 Å². The number of rotatable bonds is 6. The predicted molar refractivity (Wildman–Crippen MR) is 107 cm³/mol. The predicted octanol–water partition coefficient (Wildman–Crippen LogP) is 3.82. The zero-order valence-electron chi connectivity index (χ0n) is 15.5. The second kappa shape index (κ2) is 8.05. The molecule has 3 rings (SSSR count). The van der Waals surface area contributed by atoms with Crippen molar-refractivity contribution in [1.82, 2.24) is 14.9 Å². The van der Waals surface area contributed by atoms with E-state index in [1.54, 1.807) is 38.3 Å². The Labute approximate surface area is 162 Å². The van der Waals surface area contributed by atoms with Crippen molar-refractivity contribution in [2.75, 3.05) is 21.3 Å². The van der Waals surface area contributed by atoms with Crippen molar-refractivity contribution in [3.8, 4) is 28.6 Å². The van der Waals surface area contributed by atoms with Crippen LogP contribution >= 0.6 is 12.2 Å². The van der Waals surface area contributed by atoms with Crippen LogP contribution in [0.5, 0.6) is 17.2 Å². The Balaban J connectivity index is 2.07. The minimum absolute atomic E-state index is 0.393. The van der Waals surface area contributed by atoms with Gasteiger partial charge < -0.3 is 14.2 Å². The lowest BCUT2D eigenvalue weighted by atomic mass is 10.1. The van der Waals surface area contributed by atoms with E-state index >= 15 is 0 Å². The Hall–Kier alpha value is -3.13. The van der Waals surface area contributed by atoms with Gasteiger partial charge in [0.25, 0.3) is 0 Å². The van der Waals surface area contributed by atoms with Gasteiger partial charge in [-0.2, -0.15) is 14.9 Å². The van der Waals surface area contributed by atoms with Crippen LogP contribution in [0.3, 0.4) is 0 Å². The Morgan fingerprint density at radius 2 is 1.78 bits per heavy atom. The van der Waals surface area contributed by atoms with Gasteiger partial charge in [0.2, 0.25) is 10.5 Å². The van der Waals surface area contributed by atoms with Crippen LogP contribution < -0.4 is 14.2 Å². The average Bonchev–Trinajstić information content (AvgIpc) is 3.05. The molecule has 3 aromatic rings. The maximum atomic E-state index is 5.49. The topological polar surface area (TPSA) is 73.7 Å². The molecule has 0 aliphatic carbocycles. The first-order valence-corrected chi connectivity index (χ1v) is 8.58. The molecule has 8 heteroatoms. The van der Waals surface area contributed by atoms with Crippen molar-refractivity contribution in [3.63, 3.8) is 0 Å². The molecule has 140 valence electrons. The Morgan fingerprint density at radius 1 is 1.04 bits per heavy atom. The lowest BCUT2D eigenvalue weighted by Gasteiger charge is -2.13. The summed E-state index contributed by atoms with van der Waals surface area (Å²) in [4.78, 5) is 0. The highest BCUT2D eigenvalue weighted by atomic mass is 32.1. The van der Waals surface area contributed by atoms with E-state index in [2.05, 4.69) is 15.3 Å². The molecule has 1 heterocycles. The third-order valence-corrected chi connectivity index (χ3v) is 4.35. The molecule has 7 nitrogen and oxygen atoms in total. The lowest BCUT2D eigenvalue weighted by Crippen LogP contribution is -2.00. The SMILES string of the molecule is COc1ccc(/C=N/n2c(-c3ccccc3C)n[nH]c2=S)c(OC)c1OC. The normalized spacial score (nSPS) is 11.0. The van der Waals surface area contributed by atoms with E-state index in [0.29, 0.717) is 33.4 Å². The first-order valence-electron chi connectivity index (χ1n) is 8.17. The van der Waals surface area contributed by atoms with E-state index in [-0.39, 0.29) is 0 Å². The number of methoxy groups -OCH3 is 3. The van der Waals surface area contributed by atoms with Gasteiger partial charge in [-0.3, -0.25) is 0 Å². The Morgan fingerprint density at radius 3 is 2.44 bits per heavy atom. The summed E-state index contributed by atoms with van der Waals surface area (Å²) in [7, 11) is 4.70. The summed E-state index contributed by atoms with van der Waals surface area (Å²) in [6.45, 7) is 2.01. The van der Waals surface area contributed by atoms with Crippen LogP contribution in [0.4, 0.5) is 0 Å². The van der Waals surface area contributed by atoms with Crippen molar-refractivity contribution in [2.45, 2.75) is 6.92 Å². The molecule has 1 aromatic heterocycles. The molecular formula is C19H20N4O3S. The van der Waals surface area contributed by atoms with E-state index in [9.17, 15) is 0 Å². The zero-order valence-corrected chi connectivity index (χ0v) is 16.3. The largest absolute Gasteiger partial charge is 0.493 e. The van der Waals surface area contributed by atoms with Crippen LogP contribution in [0.2, 0.25) is 0 Å². The minimum atomic E-state index is 0.393. The monoisotopic (exact) mass is 384 g/mol. The van der Waals surface area contributed by atoms with E-state index in [1.165, 1.54) is 0 Å². The summed E-state index contributed by atoms with van der Waals surface area (Å²) < 4.78 is 18.2. The third-order valence-electron chi connectivity index (χ3n) is 4.08. The van der Waals surface area contributed by atoms with Gasteiger partial charge in [0.1, 0.15) is 0 Å². The number of benzene rings is 2. The van der Waals surface area contributed by atoms with Crippen LogP contribution in [0.25, 0.3) is 11.4 Å². The quantitative estimate of drug-likeness (QED) is 0.517. The molecule has 27 heavy (non-hydrogen) atoms. The van der Waals surface area contributed by atoms with Gasteiger partial charge in [-0.15, -0.1) is 0 Å². The first kappa shape index (κ1) is 18.7. The van der Waals surface area contributed by atoms with Gasteiger partial charge in [-0.05, 0) is 36.8 Å². The second-order valence-electron chi connectivity index (χ2n) is 5.65. The van der Waals surface area contributed by atoms with Gasteiger partial charge in [0.05, 0.1) is 27.5 Å². The summed E-state index contributed by atoms with van der Waals surface area (Å²) in [5.74, 6) is 2.23. The number of aryl methyl sites for hydroxylation is 1. The molecule has 0 atom stereocenters. The van der Waals surface area contributed by atoms with Crippen molar-refractivity contribution >= 4 is 18.4 Å². The van der Waals surface area contributed by atoms with E-state index in [1.807, 2.05) is 37.3 Å². The number of hydrogen-bond donors (Lipinski definition) is 1. The number of aromatic nitrogens is 3. The molecule has 0 saturated heterocycles. The lowest BCUT2D eigenvalue weighted by molar-refractivity contribution is 0.324. The van der Waals surface area contributed by atoms with Crippen LogP contribution in [0, 0.1) is 11.7 Å². The number of nitrogens with one attached hydrogen (secondary N) is 1. The fourth-order valence-electron chi connectivity index (χ4n) is 2.74. The first-order chi connectivity index (χ1) is 13.1. The maximum Gasteiger partial charge on any atom is 0.216 e. The van der Waals surface area contributed by atoms with Crippen molar-refractivity contribution in [1.29, 1.82) is 0 Å². The second-order valence-corrected chi connectivity index (χ2v) is 6.03. The van der Waals surface area contributed by atoms with E-state index in [4.69, 9.17) is 26.4 Å². The average molecular weight is 384 g/mol. The molecular weight excluding hydrogens is 364 g/mol. The summed E-state index contributed by atoms with van der Waals surface area (Å²) in [5.41, 5.74) is 2.74. The number of nitrogens with zero attached hydrogens (tertiary/aromatic N) is 3. The zero-order chi connectivity index (χ0) is 19.4. The van der Waals surface area contributed by atoms with Gasteiger partial charge in [0, 0.05) is 11.1 Å². The highest BCUT2D eigenvalue weighted by Crippen LogP contribution is 2.39. The maximum absolute atomic E-state index is 5.49. The standard InChI is InChI=1S/C19H20N4O3S/c1-12-7-5-6-8-14(12)18-21-22-19(27)23(18)20-11-13-9-10-15(24-2)17(26-4)16(13)25-3/h5-11H,1-4H3,(H,22,27)/b20-11+. The fraction of sp³-hybridized carbons (Fsp3) is 0.211.